The van der Waals surface area contributed by atoms with Crippen LogP contribution in [0, 0.1) is 0 Å². The maximum Gasteiger partial charge on any atom is 0.119 e. The lowest BCUT2D eigenvalue weighted by atomic mass is 10.1. The van der Waals surface area contributed by atoms with Gasteiger partial charge in [-0.3, -0.25) is 0 Å². The third kappa shape index (κ3) is 12.0. The van der Waals surface area contributed by atoms with Gasteiger partial charge in [0.05, 0.1) is 101 Å². The molecule has 16 heteroatoms. The van der Waals surface area contributed by atoms with Crippen LogP contribution in [0.25, 0.3) is 110 Å². The summed E-state index contributed by atoms with van der Waals surface area (Å²) in [5.41, 5.74) is 23.4. The number of ether oxygens (including phenoxy) is 8. The highest BCUT2D eigenvalue weighted by Crippen LogP contribution is 2.51. The Morgan fingerprint density at radius 3 is 0.350 bits per heavy atom. The molecule has 21 rings (SSSR count). The van der Waals surface area contributed by atoms with Crippen LogP contribution in [0.1, 0.15) is 0 Å². The van der Waals surface area contributed by atoms with Crippen LogP contribution in [0.15, 0.2) is 340 Å². The lowest BCUT2D eigenvalue weighted by molar-refractivity contribution is 0.414. The number of benzene rings is 16. The van der Waals surface area contributed by atoms with E-state index in [0.717, 1.165) is 224 Å². The van der Waals surface area contributed by atoms with Gasteiger partial charge in [0.25, 0.3) is 0 Å². The lowest BCUT2D eigenvalue weighted by Gasteiger charge is -2.27. The number of aromatic nitrogens is 4. The van der Waals surface area contributed by atoms with Crippen molar-refractivity contribution in [3.8, 4) is 68.7 Å². The van der Waals surface area contributed by atoms with Gasteiger partial charge in [-0.25, -0.2) is 0 Å². The average molecular weight is 1570 g/mol. The molecule has 20 aromatic rings. The van der Waals surface area contributed by atoms with Gasteiger partial charge in [0.15, 0.2) is 0 Å². The molecule has 584 valence electrons. The summed E-state index contributed by atoms with van der Waals surface area (Å²) in [5, 5.41) is 8.30. The Kier molecular flexibility index (Phi) is 17.6. The fraction of sp³-hybridized carbons (Fsp3) is 0.0769. The molecule has 120 heavy (non-hydrogen) atoms. The van der Waals surface area contributed by atoms with Crippen molar-refractivity contribution in [2.24, 2.45) is 0 Å². The van der Waals surface area contributed by atoms with Gasteiger partial charge < -0.3 is 75.8 Å². The predicted molar refractivity (Wildman–Crippen MR) is 489 cm³/mol. The zero-order valence-corrected chi connectivity index (χ0v) is 67.2. The highest BCUT2D eigenvalue weighted by atomic mass is 16.5. The van der Waals surface area contributed by atoms with Gasteiger partial charge in [0, 0.05) is 134 Å². The topological polar surface area (TPSA) is 107 Å². The number of fused-ring (bicyclic) bond motifs is 8. The van der Waals surface area contributed by atoms with Gasteiger partial charge in [-0.05, 0) is 340 Å². The molecule has 0 N–H and O–H groups in total. The quantitative estimate of drug-likeness (QED) is 0.0919. The maximum atomic E-state index is 5.89. The lowest BCUT2D eigenvalue weighted by Crippen LogP contribution is -2.10. The summed E-state index contributed by atoms with van der Waals surface area (Å²) in [6.45, 7) is 0. The highest BCUT2D eigenvalue weighted by Gasteiger charge is 2.28. The average Bonchev–Trinajstić information content (AvgIpc) is 1.58. The van der Waals surface area contributed by atoms with Crippen molar-refractivity contribution in [2.75, 3.05) is 76.5 Å². The Morgan fingerprint density at radius 2 is 0.233 bits per heavy atom. The summed E-state index contributed by atoms with van der Waals surface area (Å²) in [4.78, 5) is 9.46. The molecule has 0 atom stereocenters. The monoisotopic (exact) mass is 1570 g/mol. The van der Waals surface area contributed by atoms with Crippen LogP contribution in [0.5, 0.6) is 46.0 Å². The smallest absolute Gasteiger partial charge is 0.119 e. The molecule has 0 unspecified atom stereocenters. The van der Waals surface area contributed by atoms with Crippen LogP contribution < -0.4 is 57.5 Å². The van der Waals surface area contributed by atoms with Crippen molar-refractivity contribution >= 4 is 155 Å². The van der Waals surface area contributed by atoms with Crippen molar-refractivity contribution in [2.45, 2.75) is 0 Å². The second-order valence-corrected chi connectivity index (χ2v) is 29.9. The zero-order chi connectivity index (χ0) is 81.0. The number of anilines is 12. The minimum absolute atomic E-state index is 0.746. The van der Waals surface area contributed by atoms with Crippen molar-refractivity contribution in [1.82, 2.24) is 18.3 Å². The Bertz CT molecular complexity index is 6240. The van der Waals surface area contributed by atoms with E-state index in [4.69, 9.17) is 37.9 Å². The Morgan fingerprint density at radius 1 is 0.125 bits per heavy atom. The fourth-order valence-corrected chi connectivity index (χ4v) is 17.9. The van der Waals surface area contributed by atoms with Crippen LogP contribution in [-0.4, -0.2) is 75.1 Å². The zero-order valence-electron chi connectivity index (χ0n) is 67.2. The molecule has 16 aromatic carbocycles. The summed E-state index contributed by atoms with van der Waals surface area (Å²) in [7, 11) is 13.7. The molecule has 5 heterocycles. The van der Waals surface area contributed by atoms with Crippen LogP contribution in [0.4, 0.5) is 68.2 Å². The molecule has 0 aliphatic carbocycles. The maximum absolute atomic E-state index is 5.89. The minimum Gasteiger partial charge on any atom is -0.497 e. The third-order valence-corrected chi connectivity index (χ3v) is 23.6. The van der Waals surface area contributed by atoms with Crippen LogP contribution in [-0.2, 0) is 0 Å². The van der Waals surface area contributed by atoms with Crippen LogP contribution >= 0.6 is 0 Å². The van der Waals surface area contributed by atoms with Gasteiger partial charge in [-0.15, -0.1) is 0 Å². The first-order valence-corrected chi connectivity index (χ1v) is 39.7. The number of rotatable bonds is 16. The van der Waals surface area contributed by atoms with Gasteiger partial charge >= 0.3 is 0 Å². The minimum atomic E-state index is 0.746. The standard InChI is InChI=1S/C104H80N8O8/c1-113-81-33-9-65(10-34-81)105-73-25-49-97-89(57-73)91-59-75(27-51-99(91)109(97)69-17-41-85(117-5)42-18-69)106(66-11-35-82(114-2)36-12-66)77-29-53-101-93(61-77)95-63-79(31-55-103(95)111(101)71-21-45-87(119-7)46-22-71)108(68-15-39-84(116-4)40-16-68)80-32-56-104-96(64-80)94-62-78(30-54-102(94)112(104)72-23-47-88(120-8)48-24-72)107(67-13-37-83(115-3)38-14-67)76-28-52-100-92(60-76)90-58-74(105)26-50-98(90)110(100)70-19-43-86(118-6)44-20-70/h9-64H,1-8H3. The first-order valence-electron chi connectivity index (χ1n) is 39.7. The second-order valence-electron chi connectivity index (χ2n) is 29.9. The molecule has 0 fully saturated rings. The highest BCUT2D eigenvalue weighted by molar-refractivity contribution is 6.17. The first kappa shape index (κ1) is 72.1. The fourth-order valence-electron chi connectivity index (χ4n) is 17.9. The Balaban J connectivity index is 0.889. The van der Waals surface area contributed by atoms with E-state index in [1.807, 2.05) is 97.1 Å². The van der Waals surface area contributed by atoms with E-state index < -0.39 is 0 Å². The summed E-state index contributed by atoms with van der Waals surface area (Å²) in [6, 6.07) is 122. The third-order valence-electron chi connectivity index (χ3n) is 23.6. The van der Waals surface area contributed by atoms with Crippen molar-refractivity contribution in [1.29, 1.82) is 0 Å². The number of nitrogens with zero attached hydrogens (tertiary/aromatic N) is 8. The Labute approximate surface area is 692 Å². The molecular weight excluding hydrogens is 1490 g/mol. The van der Waals surface area contributed by atoms with Crippen molar-refractivity contribution < 1.29 is 37.9 Å². The largest absolute Gasteiger partial charge is 0.497 e. The predicted octanol–water partition coefficient (Wildman–Crippen LogP) is 26.3. The number of methoxy groups -OCH3 is 8. The number of hydrogen-bond donors (Lipinski definition) is 0. The van der Waals surface area contributed by atoms with Gasteiger partial charge in [-0.2, -0.15) is 0 Å². The molecule has 0 spiro atoms. The molecular formula is C104H80N8O8. The molecule has 0 saturated carbocycles. The Hall–Kier alpha value is -15.7. The molecule has 0 amide bonds. The van der Waals surface area contributed by atoms with Crippen LogP contribution in [0.3, 0.4) is 0 Å². The van der Waals surface area contributed by atoms with Crippen molar-refractivity contribution in [3.05, 3.63) is 340 Å². The first-order chi connectivity index (χ1) is 59.1. The van der Waals surface area contributed by atoms with E-state index in [0.29, 0.717) is 0 Å². The summed E-state index contributed by atoms with van der Waals surface area (Å²) in [6.07, 6.45) is 0. The van der Waals surface area contributed by atoms with E-state index in [2.05, 4.69) is 281 Å². The summed E-state index contributed by atoms with van der Waals surface area (Å²) < 4.78 is 56.2. The normalized spacial score (nSPS) is 12.3. The molecule has 1 aliphatic heterocycles. The number of hydrogen-bond acceptors (Lipinski definition) is 12. The second kappa shape index (κ2) is 29.2. The van der Waals surface area contributed by atoms with E-state index >= 15 is 0 Å². The summed E-state index contributed by atoms with van der Waals surface area (Å²) in [5.74, 6) is 6.05. The van der Waals surface area contributed by atoms with E-state index in [-0.39, 0.29) is 0 Å². The van der Waals surface area contributed by atoms with Crippen molar-refractivity contribution in [3.63, 3.8) is 0 Å². The molecule has 16 nitrogen and oxygen atoms in total. The van der Waals surface area contributed by atoms with E-state index in [9.17, 15) is 0 Å². The summed E-state index contributed by atoms with van der Waals surface area (Å²) >= 11 is 0. The molecule has 0 radical (unpaired) electrons. The molecule has 0 saturated heterocycles. The van der Waals surface area contributed by atoms with Gasteiger partial charge in [-0.1, -0.05) is 0 Å². The van der Waals surface area contributed by atoms with E-state index in [1.54, 1.807) is 56.9 Å². The molecule has 16 bridgehead atoms. The van der Waals surface area contributed by atoms with Crippen LogP contribution in [0.2, 0.25) is 0 Å². The molecule has 1 aliphatic rings. The van der Waals surface area contributed by atoms with Gasteiger partial charge in [0.1, 0.15) is 46.0 Å². The SMILES string of the molecule is COc1ccc(N2c3ccc4c(c3)c3cc(ccc3n4-c3ccc(OC)cc3)N(c3ccc(OC)cc3)c3ccc4c(c3)c3cc(ccc3n4-c3ccc(OC)cc3)N(c3ccc(OC)cc3)c3ccc4c(c3)c3cc(ccc3n4-c3ccc(OC)cc3)N(c3ccc(OC)cc3)c3ccc4c(c3)c3cc2ccc3n4-c2ccc(OC)cc2)cc1. The van der Waals surface area contributed by atoms with E-state index in [1.165, 1.54) is 0 Å². The molecule has 4 aromatic heterocycles. The van der Waals surface area contributed by atoms with Gasteiger partial charge in [0.2, 0.25) is 0 Å².